The minimum atomic E-state index is 0.627. The van der Waals surface area contributed by atoms with Gasteiger partial charge in [0.05, 0.1) is 0 Å². The van der Waals surface area contributed by atoms with Crippen molar-refractivity contribution in [1.82, 2.24) is 20.5 Å². The highest BCUT2D eigenvalue weighted by Crippen LogP contribution is 2.06. The van der Waals surface area contributed by atoms with E-state index in [1.807, 2.05) is 12.1 Å². The van der Waals surface area contributed by atoms with Crippen LogP contribution >= 0.6 is 0 Å². The van der Waals surface area contributed by atoms with E-state index in [4.69, 9.17) is 16.7 Å². The highest BCUT2D eigenvalue weighted by molar-refractivity contribution is 5.73. The first-order valence-corrected chi connectivity index (χ1v) is 5.40. The molecule has 0 atom stereocenters. The topological polar surface area (TPSA) is 115 Å². The second-order valence-electron chi connectivity index (χ2n) is 3.29. The predicted octanol–water partition coefficient (Wildman–Crippen LogP) is -0.838. The molecule has 0 saturated carbocycles. The third kappa shape index (κ3) is 4.35. The van der Waals surface area contributed by atoms with Gasteiger partial charge in [-0.2, -0.15) is 0 Å². The second-order valence-corrected chi connectivity index (χ2v) is 3.29. The van der Waals surface area contributed by atoms with Crippen LogP contribution < -0.4 is 16.8 Å². The van der Waals surface area contributed by atoms with Crippen LogP contribution in [0.2, 0.25) is 0 Å². The zero-order valence-electron chi connectivity index (χ0n) is 9.58. The second kappa shape index (κ2) is 7.55. The Kier molecular flexibility index (Phi) is 5.94. The zero-order valence-corrected chi connectivity index (χ0v) is 9.58. The number of nitrogens with zero attached hydrogens (tertiary/aromatic N) is 3. The number of para-hydroxylation sites is 1. The maximum Gasteiger partial charge on any atom is 0.130 e. The fourth-order valence-electron chi connectivity index (χ4n) is 1.19. The third-order valence-corrected chi connectivity index (χ3v) is 1.98. The molecule has 0 bridgehead atoms. The van der Waals surface area contributed by atoms with Gasteiger partial charge in [-0.25, -0.2) is 0 Å². The molecule has 0 spiro atoms. The number of nitrogens with one attached hydrogen (secondary N) is 1. The average Bonchev–Trinajstić information content (AvgIpc) is 2.74. The van der Waals surface area contributed by atoms with Crippen LogP contribution in [0, 0.1) is 0 Å². The monoisotopic (exact) mass is 238 g/mol. The smallest absolute Gasteiger partial charge is 0.130 e. The summed E-state index contributed by atoms with van der Waals surface area (Å²) in [5.41, 5.74) is 11.7. The maximum atomic E-state index is 8.95. The first kappa shape index (κ1) is 13.4. The molecular weight excluding hydrogens is 220 g/mol. The largest absolute Gasteiger partial charge is 0.410 e. The lowest BCUT2D eigenvalue weighted by molar-refractivity contribution is 0.155. The summed E-state index contributed by atoms with van der Waals surface area (Å²) in [6.45, 7) is 3.13. The highest BCUT2D eigenvalue weighted by Gasteiger charge is 1.98. The molecule has 0 unspecified atom stereocenters. The Morgan fingerprint density at radius 3 is 2.41 bits per heavy atom. The van der Waals surface area contributed by atoms with E-state index < -0.39 is 0 Å². The molecule has 7 heteroatoms. The van der Waals surface area contributed by atoms with E-state index in [0.717, 1.165) is 17.9 Å². The molecule has 0 aliphatic rings. The zero-order chi connectivity index (χ0) is 12.5. The average molecular weight is 238 g/mol. The fraction of sp³-hybridized carbons (Fsp3) is 0.400. The van der Waals surface area contributed by atoms with E-state index in [1.54, 1.807) is 12.1 Å². The molecule has 1 heterocycles. The van der Waals surface area contributed by atoms with Crippen LogP contribution in [0.25, 0.3) is 11.0 Å². The summed E-state index contributed by atoms with van der Waals surface area (Å²) in [6.07, 6.45) is 0. The van der Waals surface area contributed by atoms with Crippen LogP contribution in [-0.4, -0.2) is 46.5 Å². The van der Waals surface area contributed by atoms with Gasteiger partial charge < -0.3 is 22.0 Å². The summed E-state index contributed by atoms with van der Waals surface area (Å²) in [5, 5.41) is 19.1. The molecule has 0 saturated heterocycles. The van der Waals surface area contributed by atoms with Gasteiger partial charge in [0.15, 0.2) is 0 Å². The fourth-order valence-corrected chi connectivity index (χ4v) is 1.19. The SMILES string of the molecule is NCCNCCN.On1nnc2ccccc21. The van der Waals surface area contributed by atoms with E-state index in [2.05, 4.69) is 15.6 Å². The predicted molar refractivity (Wildman–Crippen MR) is 65.7 cm³/mol. The Morgan fingerprint density at radius 1 is 1.18 bits per heavy atom. The number of benzene rings is 1. The van der Waals surface area contributed by atoms with Crippen molar-refractivity contribution < 1.29 is 5.21 Å². The Bertz CT molecular complexity index is 425. The summed E-state index contributed by atoms with van der Waals surface area (Å²) in [5.74, 6) is 0. The van der Waals surface area contributed by atoms with Gasteiger partial charge in [-0.15, -0.1) is 5.10 Å². The van der Waals surface area contributed by atoms with E-state index in [1.165, 1.54) is 0 Å². The van der Waals surface area contributed by atoms with Gasteiger partial charge >= 0.3 is 0 Å². The van der Waals surface area contributed by atoms with Crippen molar-refractivity contribution in [1.29, 1.82) is 0 Å². The molecule has 0 aliphatic heterocycles. The van der Waals surface area contributed by atoms with Crippen molar-refractivity contribution in [2.24, 2.45) is 11.5 Å². The Labute approximate surface area is 99.4 Å². The van der Waals surface area contributed by atoms with E-state index in [9.17, 15) is 0 Å². The minimum Gasteiger partial charge on any atom is -0.410 e. The van der Waals surface area contributed by atoms with Crippen molar-refractivity contribution in [3.8, 4) is 0 Å². The van der Waals surface area contributed by atoms with Crippen molar-refractivity contribution in [3.05, 3.63) is 24.3 Å². The molecular formula is C10H18N6O. The van der Waals surface area contributed by atoms with Crippen molar-refractivity contribution in [3.63, 3.8) is 0 Å². The molecule has 94 valence electrons. The van der Waals surface area contributed by atoms with Crippen LogP contribution in [0.4, 0.5) is 0 Å². The molecule has 1 aromatic carbocycles. The molecule has 0 fully saturated rings. The van der Waals surface area contributed by atoms with E-state index in [0.29, 0.717) is 24.1 Å². The summed E-state index contributed by atoms with van der Waals surface area (Å²) >= 11 is 0. The lowest BCUT2D eigenvalue weighted by Gasteiger charge is -1.95. The van der Waals surface area contributed by atoms with Crippen molar-refractivity contribution in [2.45, 2.75) is 0 Å². The summed E-state index contributed by atoms with van der Waals surface area (Å²) in [4.78, 5) is 0.759. The summed E-state index contributed by atoms with van der Waals surface area (Å²) in [6, 6.07) is 7.19. The molecule has 1 aromatic heterocycles. The van der Waals surface area contributed by atoms with Crippen LogP contribution in [0.1, 0.15) is 0 Å². The van der Waals surface area contributed by atoms with Gasteiger partial charge in [0.2, 0.25) is 0 Å². The van der Waals surface area contributed by atoms with Gasteiger partial charge in [-0.3, -0.25) is 0 Å². The van der Waals surface area contributed by atoms with Gasteiger partial charge in [-0.1, -0.05) is 17.0 Å². The molecule has 7 nitrogen and oxygen atoms in total. The molecule has 17 heavy (non-hydrogen) atoms. The van der Waals surface area contributed by atoms with E-state index >= 15 is 0 Å². The number of aromatic nitrogens is 3. The first-order valence-electron chi connectivity index (χ1n) is 5.40. The molecule has 0 radical (unpaired) electrons. The van der Waals surface area contributed by atoms with Gasteiger partial charge in [-0.05, 0) is 17.3 Å². The molecule has 0 aliphatic carbocycles. The minimum absolute atomic E-state index is 0.627. The van der Waals surface area contributed by atoms with Crippen LogP contribution in [0.15, 0.2) is 24.3 Å². The normalized spacial score (nSPS) is 10.0. The Morgan fingerprint density at radius 2 is 1.82 bits per heavy atom. The Hall–Kier alpha value is -1.70. The number of hydrogen-bond acceptors (Lipinski definition) is 6. The first-order chi connectivity index (χ1) is 8.29. The molecule has 6 N–H and O–H groups in total. The molecule has 2 rings (SSSR count). The van der Waals surface area contributed by atoms with Crippen LogP contribution in [0.5, 0.6) is 0 Å². The standard InChI is InChI=1S/C6H5N3O.C4H13N3/c10-9-6-4-2-1-3-5(6)7-8-9;5-1-3-7-4-2-6/h1-4,10H;7H,1-6H2. The quantitative estimate of drug-likeness (QED) is 0.408. The van der Waals surface area contributed by atoms with E-state index in [-0.39, 0.29) is 0 Å². The van der Waals surface area contributed by atoms with Gasteiger partial charge in [0.25, 0.3) is 0 Å². The van der Waals surface area contributed by atoms with Crippen LogP contribution in [0.3, 0.4) is 0 Å². The lowest BCUT2D eigenvalue weighted by Crippen LogP contribution is -2.27. The lowest BCUT2D eigenvalue weighted by atomic mass is 10.3. The molecule has 0 amide bonds. The van der Waals surface area contributed by atoms with Crippen molar-refractivity contribution >= 4 is 11.0 Å². The number of nitrogens with two attached hydrogens (primary N) is 2. The summed E-state index contributed by atoms with van der Waals surface area (Å²) < 4.78 is 0. The maximum absolute atomic E-state index is 8.95. The third-order valence-electron chi connectivity index (χ3n) is 1.98. The number of hydrogen-bond donors (Lipinski definition) is 4. The van der Waals surface area contributed by atoms with Crippen molar-refractivity contribution in [2.75, 3.05) is 26.2 Å². The molecule has 2 aromatic rings. The van der Waals surface area contributed by atoms with Gasteiger partial charge in [0, 0.05) is 26.2 Å². The number of fused-ring (bicyclic) bond motifs is 1. The number of rotatable bonds is 4. The Balaban J connectivity index is 0.000000185. The van der Waals surface area contributed by atoms with Crippen LogP contribution in [-0.2, 0) is 0 Å². The summed E-state index contributed by atoms with van der Waals surface area (Å²) in [7, 11) is 0. The highest BCUT2D eigenvalue weighted by atomic mass is 16.5. The van der Waals surface area contributed by atoms with Gasteiger partial charge in [0.1, 0.15) is 11.0 Å².